The van der Waals surface area contributed by atoms with Crippen molar-refractivity contribution in [3.63, 3.8) is 0 Å². The summed E-state index contributed by atoms with van der Waals surface area (Å²) in [6.45, 7) is 1.83. The molecule has 29 heavy (non-hydrogen) atoms. The number of likely N-dealkylation sites (tertiary alicyclic amines) is 1. The van der Waals surface area contributed by atoms with Gasteiger partial charge in [0.1, 0.15) is 5.69 Å². The second-order valence-electron chi connectivity index (χ2n) is 6.89. The van der Waals surface area contributed by atoms with Crippen LogP contribution in [0.25, 0.3) is 11.5 Å². The summed E-state index contributed by atoms with van der Waals surface area (Å²) in [7, 11) is 0. The summed E-state index contributed by atoms with van der Waals surface area (Å²) >= 11 is 0. The fraction of sp³-hybridized carbons (Fsp3) is 0.200. The van der Waals surface area contributed by atoms with Gasteiger partial charge in [-0.1, -0.05) is 17.3 Å². The molecule has 9 nitrogen and oxygen atoms in total. The van der Waals surface area contributed by atoms with Gasteiger partial charge in [0, 0.05) is 50.0 Å². The Balaban J connectivity index is 1.20. The molecule has 4 heterocycles. The zero-order valence-electron chi connectivity index (χ0n) is 15.4. The van der Waals surface area contributed by atoms with E-state index in [2.05, 4.69) is 25.1 Å². The molecule has 1 amide bonds. The van der Waals surface area contributed by atoms with E-state index in [1.54, 1.807) is 36.0 Å². The van der Waals surface area contributed by atoms with Crippen LogP contribution in [0, 0.1) is 0 Å². The molecular weight excluding hydrogens is 370 g/mol. The molecule has 0 spiro atoms. The summed E-state index contributed by atoms with van der Waals surface area (Å²) in [5.74, 6) is 0.971. The molecule has 1 fully saturated rings. The van der Waals surface area contributed by atoms with Crippen LogP contribution in [0.5, 0.6) is 0 Å². The highest BCUT2D eigenvalue weighted by molar-refractivity contribution is 5.94. The van der Waals surface area contributed by atoms with Gasteiger partial charge in [-0.15, -0.1) is 0 Å². The first-order valence-corrected chi connectivity index (χ1v) is 9.20. The minimum absolute atomic E-state index is 0.00379. The van der Waals surface area contributed by atoms with E-state index in [1.807, 2.05) is 35.0 Å². The van der Waals surface area contributed by atoms with E-state index in [-0.39, 0.29) is 11.8 Å². The molecule has 1 aromatic carbocycles. The molecule has 3 aromatic heterocycles. The number of amides is 1. The maximum absolute atomic E-state index is 12.7. The quantitative estimate of drug-likeness (QED) is 0.516. The molecule has 0 bridgehead atoms. The standard InChI is InChI=1S/C20H17N7O2/c28-20(15-3-1-14(2-4-15)10-26-8-7-22-13-26)27-11-16(12-27)19-24-18(25-29-19)17-9-21-5-6-23-17/h1-9,13,16H,10-12H2. The number of hydrogen-bond acceptors (Lipinski definition) is 7. The van der Waals surface area contributed by atoms with Gasteiger partial charge in [0.25, 0.3) is 5.91 Å². The van der Waals surface area contributed by atoms with Gasteiger partial charge in [0.2, 0.25) is 11.7 Å². The average Bonchev–Trinajstić information content (AvgIpc) is 3.40. The van der Waals surface area contributed by atoms with Crippen LogP contribution in [-0.2, 0) is 6.54 Å². The predicted octanol–water partition coefficient (Wildman–Crippen LogP) is 2.01. The Morgan fingerprint density at radius 2 is 1.97 bits per heavy atom. The van der Waals surface area contributed by atoms with Crippen molar-refractivity contribution < 1.29 is 9.32 Å². The van der Waals surface area contributed by atoms with E-state index < -0.39 is 0 Å². The molecule has 0 atom stereocenters. The Hall–Kier alpha value is -3.88. The van der Waals surface area contributed by atoms with Crippen LogP contribution >= 0.6 is 0 Å². The third-order valence-electron chi connectivity index (χ3n) is 4.88. The number of rotatable bonds is 5. The Morgan fingerprint density at radius 3 is 2.69 bits per heavy atom. The number of benzene rings is 1. The largest absolute Gasteiger partial charge is 0.338 e. The Kier molecular flexibility index (Phi) is 4.32. The van der Waals surface area contributed by atoms with E-state index in [4.69, 9.17) is 4.52 Å². The van der Waals surface area contributed by atoms with Crippen LogP contribution in [0.1, 0.15) is 27.7 Å². The molecule has 4 aromatic rings. The number of carbonyl (C=O) groups is 1. The summed E-state index contributed by atoms with van der Waals surface area (Å²) in [5.41, 5.74) is 2.34. The van der Waals surface area contributed by atoms with Crippen molar-refractivity contribution in [2.24, 2.45) is 0 Å². The molecule has 1 aliphatic rings. The van der Waals surface area contributed by atoms with Crippen LogP contribution < -0.4 is 0 Å². The molecule has 0 N–H and O–H groups in total. The van der Waals surface area contributed by atoms with Crippen molar-refractivity contribution in [1.29, 1.82) is 0 Å². The third kappa shape index (κ3) is 3.49. The Bertz CT molecular complexity index is 1100. The molecule has 9 heteroatoms. The molecule has 0 aliphatic carbocycles. The van der Waals surface area contributed by atoms with Gasteiger partial charge in [-0.05, 0) is 17.7 Å². The van der Waals surface area contributed by atoms with Crippen molar-refractivity contribution in [2.75, 3.05) is 13.1 Å². The molecule has 1 saturated heterocycles. The summed E-state index contributed by atoms with van der Waals surface area (Å²) in [5, 5.41) is 3.96. The highest BCUT2D eigenvalue weighted by Crippen LogP contribution is 2.28. The van der Waals surface area contributed by atoms with Crippen molar-refractivity contribution in [3.05, 3.63) is 78.6 Å². The van der Waals surface area contributed by atoms with E-state index in [9.17, 15) is 4.79 Å². The lowest BCUT2D eigenvalue weighted by molar-refractivity contribution is 0.0569. The minimum Gasteiger partial charge on any atom is -0.338 e. The SMILES string of the molecule is O=C(c1ccc(Cn2ccnc2)cc1)N1CC(c2nc(-c3cnccn3)no2)C1. The predicted molar refractivity (Wildman–Crippen MR) is 102 cm³/mol. The lowest BCUT2D eigenvalue weighted by Crippen LogP contribution is -2.48. The van der Waals surface area contributed by atoms with Gasteiger partial charge >= 0.3 is 0 Å². The van der Waals surface area contributed by atoms with Gasteiger partial charge in [-0.25, -0.2) is 9.97 Å². The maximum atomic E-state index is 12.7. The van der Waals surface area contributed by atoms with Gasteiger partial charge in [-0.2, -0.15) is 4.98 Å². The Morgan fingerprint density at radius 1 is 1.10 bits per heavy atom. The molecular formula is C20H17N7O2. The zero-order chi connectivity index (χ0) is 19.6. The van der Waals surface area contributed by atoms with Crippen molar-refractivity contribution in [1.82, 2.24) is 34.6 Å². The fourth-order valence-electron chi connectivity index (χ4n) is 3.25. The number of hydrogen-bond donors (Lipinski definition) is 0. The minimum atomic E-state index is 0.00379. The second kappa shape index (κ2) is 7.27. The Labute approximate surface area is 166 Å². The van der Waals surface area contributed by atoms with Crippen LogP contribution in [-0.4, -0.2) is 53.6 Å². The lowest BCUT2D eigenvalue weighted by atomic mass is 9.98. The van der Waals surface area contributed by atoms with Crippen LogP contribution in [0.4, 0.5) is 0 Å². The first-order valence-electron chi connectivity index (χ1n) is 9.20. The topological polar surface area (TPSA) is 103 Å². The van der Waals surface area contributed by atoms with E-state index in [0.29, 0.717) is 36.1 Å². The van der Waals surface area contributed by atoms with E-state index in [1.165, 1.54) is 0 Å². The van der Waals surface area contributed by atoms with E-state index in [0.717, 1.165) is 12.1 Å². The lowest BCUT2D eigenvalue weighted by Gasteiger charge is -2.37. The first-order chi connectivity index (χ1) is 14.3. The normalized spacial score (nSPS) is 14.0. The summed E-state index contributed by atoms with van der Waals surface area (Å²) in [6.07, 6.45) is 10.2. The molecule has 0 saturated carbocycles. The molecule has 1 aliphatic heterocycles. The summed E-state index contributed by atoms with van der Waals surface area (Å²) in [4.78, 5) is 31.1. The van der Waals surface area contributed by atoms with Crippen molar-refractivity contribution >= 4 is 5.91 Å². The number of imidazole rings is 1. The number of aromatic nitrogens is 6. The molecule has 5 rings (SSSR count). The van der Waals surface area contributed by atoms with Gasteiger partial charge in [-0.3, -0.25) is 9.78 Å². The highest BCUT2D eigenvalue weighted by atomic mass is 16.5. The van der Waals surface area contributed by atoms with Crippen LogP contribution in [0.15, 0.2) is 66.1 Å². The fourth-order valence-corrected chi connectivity index (χ4v) is 3.25. The third-order valence-corrected chi connectivity index (χ3v) is 4.88. The van der Waals surface area contributed by atoms with Crippen molar-refractivity contribution in [3.8, 4) is 11.5 Å². The van der Waals surface area contributed by atoms with Crippen molar-refractivity contribution in [2.45, 2.75) is 12.5 Å². The average molecular weight is 387 g/mol. The smallest absolute Gasteiger partial charge is 0.253 e. The van der Waals surface area contributed by atoms with Gasteiger partial charge < -0.3 is 14.0 Å². The van der Waals surface area contributed by atoms with E-state index >= 15 is 0 Å². The first kappa shape index (κ1) is 17.2. The molecule has 0 unspecified atom stereocenters. The summed E-state index contributed by atoms with van der Waals surface area (Å²) < 4.78 is 7.33. The van der Waals surface area contributed by atoms with Gasteiger partial charge in [0.15, 0.2) is 0 Å². The molecule has 0 radical (unpaired) electrons. The monoisotopic (exact) mass is 387 g/mol. The van der Waals surface area contributed by atoms with Gasteiger partial charge in [0.05, 0.1) is 18.4 Å². The zero-order valence-corrected chi connectivity index (χ0v) is 15.4. The maximum Gasteiger partial charge on any atom is 0.253 e. The molecule has 144 valence electrons. The highest BCUT2D eigenvalue weighted by Gasteiger charge is 2.36. The summed E-state index contributed by atoms with van der Waals surface area (Å²) in [6, 6.07) is 7.66. The van der Waals surface area contributed by atoms with Crippen LogP contribution in [0.2, 0.25) is 0 Å². The number of carbonyl (C=O) groups excluding carboxylic acids is 1. The number of nitrogens with zero attached hydrogens (tertiary/aromatic N) is 7. The van der Waals surface area contributed by atoms with Crippen LogP contribution in [0.3, 0.4) is 0 Å². The second-order valence-corrected chi connectivity index (χ2v) is 6.89.